The Morgan fingerprint density at radius 1 is 0.864 bits per heavy atom. The van der Waals surface area contributed by atoms with E-state index in [1.807, 2.05) is 75.4 Å². The fraction of sp³-hybridized carbons (Fsp3) is 0.235. The van der Waals surface area contributed by atoms with Crippen LogP contribution in [0.5, 0.6) is 0 Å². The molecule has 4 aromatic rings. The first-order valence-electron chi connectivity index (χ1n) is 14.2. The van der Waals surface area contributed by atoms with Gasteiger partial charge in [0.25, 0.3) is 10.0 Å². The van der Waals surface area contributed by atoms with Crippen LogP contribution in [-0.4, -0.2) is 43.8 Å². The SMILES string of the molecule is Cc1ccc(N(CC(=O)N(Cc2cccc(Br)c2)C(Cc2ccccc2)C(=O)NC(C)C)S(=O)(=O)c2ccc(Cl)cc2)cc1. The first-order valence-corrected chi connectivity index (χ1v) is 16.8. The molecule has 0 heterocycles. The van der Waals surface area contributed by atoms with Crippen molar-refractivity contribution in [2.24, 2.45) is 0 Å². The van der Waals surface area contributed by atoms with Crippen LogP contribution in [0.2, 0.25) is 5.02 Å². The molecular weight excluding hydrogens is 662 g/mol. The summed E-state index contributed by atoms with van der Waals surface area (Å²) < 4.78 is 30.0. The largest absolute Gasteiger partial charge is 0.352 e. The van der Waals surface area contributed by atoms with Crippen LogP contribution in [0.4, 0.5) is 5.69 Å². The molecule has 0 aliphatic carbocycles. The maximum absolute atomic E-state index is 14.4. The molecule has 4 aromatic carbocycles. The minimum atomic E-state index is -4.20. The van der Waals surface area contributed by atoms with Crippen molar-refractivity contribution in [2.45, 2.75) is 50.7 Å². The summed E-state index contributed by atoms with van der Waals surface area (Å²) in [5.41, 5.74) is 2.92. The van der Waals surface area contributed by atoms with Crippen LogP contribution in [0, 0.1) is 6.92 Å². The number of nitrogens with one attached hydrogen (secondary N) is 1. The summed E-state index contributed by atoms with van der Waals surface area (Å²) in [5, 5.41) is 3.35. The number of sulfonamides is 1. The van der Waals surface area contributed by atoms with Crippen LogP contribution in [0.25, 0.3) is 0 Å². The van der Waals surface area contributed by atoms with E-state index in [1.165, 1.54) is 29.2 Å². The molecule has 1 N–H and O–H groups in total. The number of aryl methyl sites for hydroxylation is 1. The lowest BCUT2D eigenvalue weighted by molar-refractivity contribution is -0.140. The van der Waals surface area contributed by atoms with Gasteiger partial charge in [-0.1, -0.05) is 87.7 Å². The Kier molecular flexibility index (Phi) is 11.2. The lowest BCUT2D eigenvalue weighted by Gasteiger charge is -2.34. The summed E-state index contributed by atoms with van der Waals surface area (Å²) in [5.74, 6) is -0.849. The Hall–Kier alpha value is -3.66. The third kappa shape index (κ3) is 8.71. The molecule has 10 heteroatoms. The van der Waals surface area contributed by atoms with E-state index in [2.05, 4.69) is 21.2 Å². The van der Waals surface area contributed by atoms with Crippen molar-refractivity contribution in [3.63, 3.8) is 0 Å². The molecule has 1 unspecified atom stereocenters. The highest BCUT2D eigenvalue weighted by atomic mass is 79.9. The highest BCUT2D eigenvalue weighted by molar-refractivity contribution is 9.10. The average molecular weight is 697 g/mol. The van der Waals surface area contributed by atoms with E-state index in [-0.39, 0.29) is 29.8 Å². The number of benzene rings is 4. The second kappa shape index (κ2) is 14.9. The number of halogens is 2. The molecule has 0 saturated carbocycles. The van der Waals surface area contributed by atoms with E-state index in [1.54, 1.807) is 24.3 Å². The minimum Gasteiger partial charge on any atom is -0.352 e. The van der Waals surface area contributed by atoms with Crippen molar-refractivity contribution >= 4 is 55.1 Å². The van der Waals surface area contributed by atoms with Crippen molar-refractivity contribution < 1.29 is 18.0 Å². The predicted molar refractivity (Wildman–Crippen MR) is 179 cm³/mol. The third-order valence-electron chi connectivity index (χ3n) is 6.95. The fourth-order valence-electron chi connectivity index (χ4n) is 4.74. The van der Waals surface area contributed by atoms with E-state index in [0.29, 0.717) is 10.7 Å². The predicted octanol–water partition coefficient (Wildman–Crippen LogP) is 6.77. The standard InChI is InChI=1S/C34H35BrClN3O4S/c1-24(2)37-34(41)32(21-26-8-5-4-6-9-26)38(22-27-10-7-11-28(35)20-27)33(40)23-39(30-16-12-25(3)13-17-30)44(42,43)31-18-14-29(36)15-19-31/h4-20,24,32H,21-23H2,1-3H3,(H,37,41). The summed E-state index contributed by atoms with van der Waals surface area (Å²) in [4.78, 5) is 29.7. The van der Waals surface area contributed by atoms with Crippen LogP contribution < -0.4 is 9.62 Å². The van der Waals surface area contributed by atoms with Gasteiger partial charge in [-0.2, -0.15) is 0 Å². The van der Waals surface area contributed by atoms with Gasteiger partial charge in [-0.15, -0.1) is 0 Å². The van der Waals surface area contributed by atoms with Crippen LogP contribution in [0.1, 0.15) is 30.5 Å². The van der Waals surface area contributed by atoms with Crippen molar-refractivity contribution in [2.75, 3.05) is 10.8 Å². The molecular formula is C34H35BrClN3O4S. The second-order valence-corrected chi connectivity index (χ2v) is 14.0. The van der Waals surface area contributed by atoms with Gasteiger partial charge in [0.05, 0.1) is 10.6 Å². The Balaban J connectivity index is 1.80. The van der Waals surface area contributed by atoms with E-state index in [4.69, 9.17) is 11.6 Å². The molecule has 230 valence electrons. The quantitative estimate of drug-likeness (QED) is 0.177. The molecule has 4 rings (SSSR count). The van der Waals surface area contributed by atoms with E-state index in [0.717, 1.165) is 25.5 Å². The van der Waals surface area contributed by atoms with Gasteiger partial charge in [-0.25, -0.2) is 8.42 Å². The molecule has 2 amide bonds. The number of hydrogen-bond donors (Lipinski definition) is 1. The Morgan fingerprint density at radius 3 is 2.11 bits per heavy atom. The lowest BCUT2D eigenvalue weighted by Crippen LogP contribution is -2.54. The van der Waals surface area contributed by atoms with Gasteiger partial charge in [0.15, 0.2) is 0 Å². The van der Waals surface area contributed by atoms with Crippen LogP contribution in [-0.2, 0) is 32.6 Å². The highest BCUT2D eigenvalue weighted by Gasteiger charge is 2.34. The number of hydrogen-bond acceptors (Lipinski definition) is 4. The van der Waals surface area contributed by atoms with Gasteiger partial charge >= 0.3 is 0 Å². The van der Waals surface area contributed by atoms with Gasteiger partial charge in [0.1, 0.15) is 12.6 Å². The normalized spacial score (nSPS) is 12.0. The molecule has 0 fully saturated rings. The Morgan fingerprint density at radius 2 is 1.50 bits per heavy atom. The molecule has 0 aliphatic heterocycles. The van der Waals surface area contributed by atoms with Gasteiger partial charge in [-0.3, -0.25) is 13.9 Å². The minimum absolute atomic E-state index is 0.00722. The summed E-state index contributed by atoms with van der Waals surface area (Å²) in [6.45, 7) is 5.17. The van der Waals surface area contributed by atoms with Crippen LogP contribution in [0.15, 0.2) is 112 Å². The fourth-order valence-corrected chi connectivity index (χ4v) is 6.73. The average Bonchev–Trinajstić information content (AvgIpc) is 2.98. The second-order valence-electron chi connectivity index (χ2n) is 10.8. The molecule has 0 aliphatic rings. The summed E-state index contributed by atoms with van der Waals surface area (Å²) >= 11 is 9.54. The van der Waals surface area contributed by atoms with Crippen LogP contribution in [0.3, 0.4) is 0 Å². The number of carbonyl (C=O) groups is 2. The lowest BCUT2D eigenvalue weighted by atomic mass is 10.0. The summed E-state index contributed by atoms with van der Waals surface area (Å²) in [6, 6.07) is 28.6. The number of anilines is 1. The number of rotatable bonds is 12. The van der Waals surface area contributed by atoms with Gasteiger partial charge in [0, 0.05) is 28.5 Å². The highest BCUT2D eigenvalue weighted by Crippen LogP contribution is 2.26. The number of nitrogens with zero attached hydrogens (tertiary/aromatic N) is 2. The Bertz CT molecular complexity index is 1680. The zero-order valence-corrected chi connectivity index (χ0v) is 27.9. The maximum Gasteiger partial charge on any atom is 0.264 e. The topological polar surface area (TPSA) is 86.8 Å². The summed E-state index contributed by atoms with van der Waals surface area (Å²) in [7, 11) is -4.20. The molecule has 0 radical (unpaired) electrons. The molecule has 0 saturated heterocycles. The van der Waals surface area contributed by atoms with Crippen molar-refractivity contribution in [3.8, 4) is 0 Å². The van der Waals surface area contributed by atoms with Crippen molar-refractivity contribution in [1.82, 2.24) is 10.2 Å². The molecule has 44 heavy (non-hydrogen) atoms. The van der Waals surface area contributed by atoms with E-state index in [9.17, 15) is 18.0 Å². The number of amides is 2. The monoisotopic (exact) mass is 695 g/mol. The number of carbonyl (C=O) groups excluding carboxylic acids is 2. The van der Waals surface area contributed by atoms with Crippen molar-refractivity contribution in [3.05, 3.63) is 129 Å². The van der Waals surface area contributed by atoms with Gasteiger partial charge in [-0.05, 0) is 80.4 Å². The molecule has 0 aromatic heterocycles. The van der Waals surface area contributed by atoms with Gasteiger partial charge in [0.2, 0.25) is 11.8 Å². The molecule has 0 bridgehead atoms. The summed E-state index contributed by atoms with van der Waals surface area (Å²) in [6.07, 6.45) is 0.244. The smallest absolute Gasteiger partial charge is 0.264 e. The Labute approximate surface area is 273 Å². The zero-order valence-electron chi connectivity index (χ0n) is 24.8. The third-order valence-corrected chi connectivity index (χ3v) is 9.48. The van der Waals surface area contributed by atoms with E-state index < -0.39 is 28.5 Å². The molecule has 1 atom stereocenters. The zero-order chi connectivity index (χ0) is 31.9. The maximum atomic E-state index is 14.4. The van der Waals surface area contributed by atoms with Crippen LogP contribution >= 0.6 is 27.5 Å². The van der Waals surface area contributed by atoms with E-state index >= 15 is 0 Å². The molecule has 7 nitrogen and oxygen atoms in total. The first kappa shape index (κ1) is 33.2. The molecule has 0 spiro atoms. The first-order chi connectivity index (χ1) is 20.9. The van der Waals surface area contributed by atoms with Gasteiger partial charge < -0.3 is 10.2 Å². The van der Waals surface area contributed by atoms with Crippen molar-refractivity contribution in [1.29, 1.82) is 0 Å².